The highest BCUT2D eigenvalue weighted by Gasteiger charge is 2.31. The zero-order valence-corrected chi connectivity index (χ0v) is 16.4. The van der Waals surface area contributed by atoms with Crippen LogP contribution in [0.25, 0.3) is 0 Å². The number of hydrogen-bond acceptors (Lipinski definition) is 6. The first-order valence-electron chi connectivity index (χ1n) is 9.47. The molecule has 2 heterocycles. The Labute approximate surface area is 160 Å². The fourth-order valence-corrected chi connectivity index (χ4v) is 5.37. The lowest BCUT2D eigenvalue weighted by atomic mass is 9.98. The summed E-state index contributed by atoms with van der Waals surface area (Å²) in [6, 6.07) is 4.20. The van der Waals surface area contributed by atoms with Crippen LogP contribution in [0.3, 0.4) is 0 Å². The lowest BCUT2D eigenvalue weighted by molar-refractivity contribution is -0.384. The van der Waals surface area contributed by atoms with Crippen molar-refractivity contribution >= 4 is 21.4 Å². The number of nitro groups is 1. The number of sulfonamides is 1. The van der Waals surface area contributed by atoms with Crippen LogP contribution in [0.4, 0.5) is 11.4 Å². The lowest BCUT2D eigenvalue weighted by Crippen LogP contribution is -2.38. The van der Waals surface area contributed by atoms with E-state index in [9.17, 15) is 23.6 Å². The van der Waals surface area contributed by atoms with E-state index in [1.807, 2.05) is 4.90 Å². The summed E-state index contributed by atoms with van der Waals surface area (Å²) in [6.07, 6.45) is 3.33. The zero-order chi connectivity index (χ0) is 19.6. The number of benzene rings is 1. The summed E-state index contributed by atoms with van der Waals surface area (Å²) in [6.45, 7) is 4.24. The zero-order valence-electron chi connectivity index (χ0n) is 15.6. The second-order valence-corrected chi connectivity index (χ2v) is 9.57. The van der Waals surface area contributed by atoms with Crippen molar-refractivity contribution in [1.82, 2.24) is 4.31 Å². The van der Waals surface area contributed by atoms with Gasteiger partial charge in [-0.3, -0.25) is 10.1 Å². The highest BCUT2D eigenvalue weighted by atomic mass is 32.2. The van der Waals surface area contributed by atoms with Crippen molar-refractivity contribution in [2.45, 2.75) is 37.5 Å². The fourth-order valence-electron chi connectivity index (χ4n) is 3.88. The molecule has 3 rings (SSSR count). The molecule has 9 heteroatoms. The Balaban J connectivity index is 1.90. The molecule has 0 bridgehead atoms. The van der Waals surface area contributed by atoms with Crippen molar-refractivity contribution in [3.8, 4) is 0 Å². The third kappa shape index (κ3) is 4.25. The van der Waals surface area contributed by atoms with Crippen LogP contribution < -0.4 is 4.90 Å². The number of anilines is 1. The molecular weight excluding hydrogens is 370 g/mol. The SMILES string of the molecule is CC1CCN(S(=O)(=O)c2ccc(N3CCC[C@@H](CO)C3)c([N+](=O)[O-])c2)CC1. The second kappa shape index (κ2) is 8.12. The third-order valence-corrected chi connectivity index (χ3v) is 7.54. The molecule has 8 nitrogen and oxygen atoms in total. The first kappa shape index (κ1) is 20.0. The summed E-state index contributed by atoms with van der Waals surface area (Å²) < 4.78 is 27.2. The van der Waals surface area contributed by atoms with Crippen LogP contribution in [0.1, 0.15) is 32.6 Å². The normalized spacial score (nSPS) is 22.7. The summed E-state index contributed by atoms with van der Waals surface area (Å²) in [7, 11) is -3.73. The number of rotatable bonds is 5. The summed E-state index contributed by atoms with van der Waals surface area (Å²) in [4.78, 5) is 13.0. The van der Waals surface area contributed by atoms with Gasteiger partial charge in [0.1, 0.15) is 5.69 Å². The number of aliphatic hydroxyl groups is 1. The molecule has 2 saturated heterocycles. The predicted octanol–water partition coefficient (Wildman–Crippen LogP) is 2.22. The Morgan fingerprint density at radius 3 is 2.56 bits per heavy atom. The van der Waals surface area contributed by atoms with Crippen LogP contribution in [0.2, 0.25) is 0 Å². The molecule has 27 heavy (non-hydrogen) atoms. The van der Waals surface area contributed by atoms with Crippen LogP contribution in [-0.2, 0) is 10.0 Å². The van der Waals surface area contributed by atoms with Gasteiger partial charge in [-0.2, -0.15) is 4.31 Å². The molecule has 0 radical (unpaired) electrons. The maximum atomic E-state index is 12.9. The monoisotopic (exact) mass is 397 g/mol. The topological polar surface area (TPSA) is 104 Å². The smallest absolute Gasteiger partial charge is 0.293 e. The molecule has 0 amide bonds. The van der Waals surface area contributed by atoms with Gasteiger partial charge in [0, 0.05) is 38.9 Å². The van der Waals surface area contributed by atoms with E-state index < -0.39 is 14.9 Å². The Morgan fingerprint density at radius 2 is 1.93 bits per heavy atom. The van der Waals surface area contributed by atoms with Gasteiger partial charge in [-0.15, -0.1) is 0 Å². The molecular formula is C18H27N3O5S. The van der Waals surface area contributed by atoms with E-state index in [1.165, 1.54) is 22.5 Å². The second-order valence-electron chi connectivity index (χ2n) is 7.63. The Hall–Kier alpha value is -1.71. The molecule has 0 saturated carbocycles. The highest BCUT2D eigenvalue weighted by molar-refractivity contribution is 7.89. The van der Waals surface area contributed by atoms with E-state index in [0.29, 0.717) is 37.8 Å². The Morgan fingerprint density at radius 1 is 1.22 bits per heavy atom. The minimum atomic E-state index is -3.73. The van der Waals surface area contributed by atoms with Gasteiger partial charge in [0.05, 0.1) is 9.82 Å². The van der Waals surface area contributed by atoms with E-state index in [0.717, 1.165) is 25.7 Å². The first-order chi connectivity index (χ1) is 12.8. The Bertz CT molecular complexity index is 790. The molecule has 2 aliphatic rings. The average Bonchev–Trinajstić information content (AvgIpc) is 2.67. The van der Waals surface area contributed by atoms with Crippen molar-refractivity contribution < 1.29 is 18.4 Å². The average molecular weight is 397 g/mol. The van der Waals surface area contributed by atoms with E-state index in [-0.39, 0.29) is 23.1 Å². The lowest BCUT2D eigenvalue weighted by Gasteiger charge is -2.33. The minimum absolute atomic E-state index is 0.0248. The van der Waals surface area contributed by atoms with Crippen molar-refractivity contribution in [2.24, 2.45) is 11.8 Å². The Kier molecular flexibility index (Phi) is 6.02. The number of nitrogens with zero attached hydrogens (tertiary/aromatic N) is 3. The largest absolute Gasteiger partial charge is 0.396 e. The van der Waals surface area contributed by atoms with Gasteiger partial charge in [-0.1, -0.05) is 6.92 Å². The van der Waals surface area contributed by atoms with Crippen LogP contribution in [0.5, 0.6) is 0 Å². The molecule has 1 aromatic carbocycles. The van der Waals surface area contributed by atoms with Crippen LogP contribution in [0, 0.1) is 22.0 Å². The van der Waals surface area contributed by atoms with Crippen molar-refractivity contribution in [1.29, 1.82) is 0 Å². The molecule has 0 aliphatic carbocycles. The van der Waals surface area contributed by atoms with Gasteiger partial charge in [-0.25, -0.2) is 8.42 Å². The van der Waals surface area contributed by atoms with Crippen molar-refractivity contribution in [3.63, 3.8) is 0 Å². The quantitative estimate of drug-likeness (QED) is 0.603. The maximum absolute atomic E-state index is 12.9. The van der Waals surface area contributed by atoms with E-state index in [4.69, 9.17) is 0 Å². The summed E-state index contributed by atoms with van der Waals surface area (Å²) in [5.41, 5.74) is 0.226. The third-order valence-electron chi connectivity index (χ3n) is 5.64. The fraction of sp³-hybridized carbons (Fsp3) is 0.667. The molecule has 0 aromatic heterocycles. The van der Waals surface area contributed by atoms with Crippen molar-refractivity contribution in [3.05, 3.63) is 28.3 Å². The number of piperidine rings is 2. The molecule has 0 unspecified atom stereocenters. The van der Waals surface area contributed by atoms with Gasteiger partial charge in [0.15, 0.2) is 0 Å². The number of hydrogen-bond donors (Lipinski definition) is 1. The molecule has 1 atom stereocenters. The first-order valence-corrected chi connectivity index (χ1v) is 10.9. The number of nitro benzene ring substituents is 1. The van der Waals surface area contributed by atoms with Gasteiger partial charge >= 0.3 is 0 Å². The van der Waals surface area contributed by atoms with Gasteiger partial charge in [0.25, 0.3) is 5.69 Å². The van der Waals surface area contributed by atoms with Crippen molar-refractivity contribution in [2.75, 3.05) is 37.7 Å². The molecule has 2 fully saturated rings. The van der Waals surface area contributed by atoms with E-state index >= 15 is 0 Å². The highest BCUT2D eigenvalue weighted by Crippen LogP contribution is 2.35. The summed E-state index contributed by atoms with van der Waals surface area (Å²) >= 11 is 0. The predicted molar refractivity (Wildman–Crippen MR) is 102 cm³/mol. The van der Waals surface area contributed by atoms with E-state index in [1.54, 1.807) is 0 Å². The van der Waals surface area contributed by atoms with Crippen LogP contribution in [0.15, 0.2) is 23.1 Å². The minimum Gasteiger partial charge on any atom is -0.396 e. The molecule has 2 aliphatic heterocycles. The molecule has 1 aromatic rings. The standard InChI is InChI=1S/C18H27N3O5S/c1-14-6-9-20(10-7-14)27(25,26)16-4-5-17(18(11-16)21(23)24)19-8-2-3-15(12-19)13-22/h4-5,11,14-15,22H,2-3,6-10,12-13H2,1H3/t15-/m1/s1. The van der Waals surface area contributed by atoms with Gasteiger partial charge in [0.2, 0.25) is 10.0 Å². The summed E-state index contributed by atoms with van der Waals surface area (Å²) in [5.74, 6) is 0.573. The molecule has 150 valence electrons. The maximum Gasteiger partial charge on any atom is 0.293 e. The van der Waals surface area contributed by atoms with Gasteiger partial charge < -0.3 is 10.0 Å². The molecule has 1 N–H and O–H groups in total. The van der Waals surface area contributed by atoms with Gasteiger partial charge in [-0.05, 0) is 49.7 Å². The molecule has 0 spiro atoms. The van der Waals surface area contributed by atoms with E-state index in [2.05, 4.69) is 6.92 Å². The van der Waals surface area contributed by atoms with Crippen LogP contribution >= 0.6 is 0 Å². The number of aliphatic hydroxyl groups excluding tert-OH is 1. The van der Waals surface area contributed by atoms with Crippen LogP contribution in [-0.4, -0.2) is 55.5 Å². The summed E-state index contributed by atoms with van der Waals surface area (Å²) in [5, 5.41) is 21.0.